The quantitative estimate of drug-likeness (QED) is 0.872. The number of nitrogens with two attached hydrogens (primary N) is 1. The lowest BCUT2D eigenvalue weighted by Crippen LogP contribution is -2.10. The molecule has 0 amide bonds. The third-order valence-electron chi connectivity index (χ3n) is 3.75. The highest BCUT2D eigenvalue weighted by Crippen LogP contribution is 2.40. The summed E-state index contributed by atoms with van der Waals surface area (Å²) in [6.07, 6.45) is 3.68. The van der Waals surface area contributed by atoms with E-state index in [1.54, 1.807) is 14.2 Å². The molecule has 1 aliphatic carbocycles. The van der Waals surface area contributed by atoms with Gasteiger partial charge >= 0.3 is 0 Å². The van der Waals surface area contributed by atoms with Gasteiger partial charge in [0.2, 0.25) is 0 Å². The predicted octanol–water partition coefficient (Wildman–Crippen LogP) is 2.55. The van der Waals surface area contributed by atoms with E-state index in [-0.39, 0.29) is 0 Å². The molecule has 3 nitrogen and oxygen atoms in total. The van der Waals surface area contributed by atoms with E-state index in [9.17, 15) is 0 Å². The van der Waals surface area contributed by atoms with Crippen molar-refractivity contribution in [3.8, 4) is 11.5 Å². The summed E-state index contributed by atoms with van der Waals surface area (Å²) in [7, 11) is 3.34. The van der Waals surface area contributed by atoms with Gasteiger partial charge in [0, 0.05) is 0 Å². The molecule has 2 N–H and O–H groups in total. The molecule has 2 rings (SSSR count). The highest BCUT2D eigenvalue weighted by Gasteiger charge is 2.25. The van der Waals surface area contributed by atoms with Gasteiger partial charge in [0.1, 0.15) is 0 Å². The smallest absolute Gasteiger partial charge is 0.160 e. The summed E-state index contributed by atoms with van der Waals surface area (Å²) in [6, 6.07) is 6.23. The summed E-state index contributed by atoms with van der Waals surface area (Å²) in [5, 5.41) is 0. The minimum atomic E-state index is 0.628. The van der Waals surface area contributed by atoms with Gasteiger partial charge in [-0.1, -0.05) is 6.07 Å². The van der Waals surface area contributed by atoms with Crippen molar-refractivity contribution in [1.29, 1.82) is 0 Å². The summed E-state index contributed by atoms with van der Waals surface area (Å²) < 4.78 is 10.6. The second-order valence-corrected chi connectivity index (χ2v) is 4.73. The Labute approximate surface area is 103 Å². The van der Waals surface area contributed by atoms with Gasteiger partial charge in [0.15, 0.2) is 11.5 Å². The van der Waals surface area contributed by atoms with Gasteiger partial charge in [-0.05, 0) is 55.3 Å². The molecule has 0 aliphatic heterocycles. The van der Waals surface area contributed by atoms with E-state index in [0.29, 0.717) is 11.8 Å². The molecule has 0 spiro atoms. The third kappa shape index (κ3) is 2.55. The van der Waals surface area contributed by atoms with Crippen LogP contribution < -0.4 is 15.2 Å². The molecule has 0 saturated heterocycles. The Kier molecular flexibility index (Phi) is 3.89. The molecule has 1 aromatic carbocycles. The van der Waals surface area contributed by atoms with Gasteiger partial charge in [-0.3, -0.25) is 0 Å². The summed E-state index contributed by atoms with van der Waals surface area (Å²) >= 11 is 0. The van der Waals surface area contributed by atoms with Crippen LogP contribution in [0.1, 0.15) is 30.7 Å². The first kappa shape index (κ1) is 12.2. The molecule has 2 atom stereocenters. The molecule has 1 aromatic rings. The second-order valence-electron chi connectivity index (χ2n) is 4.73. The molecule has 94 valence electrons. The summed E-state index contributed by atoms with van der Waals surface area (Å²) in [5.41, 5.74) is 7.08. The van der Waals surface area contributed by atoms with Crippen LogP contribution in [0.4, 0.5) is 0 Å². The summed E-state index contributed by atoms with van der Waals surface area (Å²) in [6.45, 7) is 0.809. The van der Waals surface area contributed by atoms with Crippen LogP contribution in [-0.2, 0) is 0 Å². The fourth-order valence-electron chi connectivity index (χ4n) is 2.70. The molecule has 0 radical (unpaired) electrons. The van der Waals surface area contributed by atoms with Crippen molar-refractivity contribution in [3.05, 3.63) is 23.8 Å². The molecule has 0 bridgehead atoms. The van der Waals surface area contributed by atoms with E-state index < -0.39 is 0 Å². The molecular formula is C14H21NO2. The Morgan fingerprint density at radius 2 is 1.94 bits per heavy atom. The zero-order valence-electron chi connectivity index (χ0n) is 10.6. The summed E-state index contributed by atoms with van der Waals surface area (Å²) in [5.74, 6) is 2.93. The lowest BCUT2D eigenvalue weighted by Gasteiger charge is -2.14. The Hall–Kier alpha value is -1.22. The lowest BCUT2D eigenvalue weighted by molar-refractivity contribution is 0.354. The number of methoxy groups -OCH3 is 2. The first-order valence-electron chi connectivity index (χ1n) is 6.20. The molecule has 1 saturated carbocycles. The minimum Gasteiger partial charge on any atom is -0.493 e. The van der Waals surface area contributed by atoms with Crippen LogP contribution in [0.3, 0.4) is 0 Å². The standard InChI is InChI=1S/C14H21NO2/c1-16-13-6-5-12(8-14(13)17-2)11-4-3-10(7-11)9-15/h5-6,8,10-11H,3-4,7,9,15H2,1-2H3. The largest absolute Gasteiger partial charge is 0.493 e. The Balaban J connectivity index is 2.16. The van der Waals surface area contributed by atoms with Crippen molar-refractivity contribution in [1.82, 2.24) is 0 Å². The SMILES string of the molecule is COc1ccc(C2CCC(CN)C2)cc1OC. The predicted molar refractivity (Wildman–Crippen MR) is 68.7 cm³/mol. The maximum Gasteiger partial charge on any atom is 0.160 e. The monoisotopic (exact) mass is 235 g/mol. The van der Waals surface area contributed by atoms with Crippen LogP contribution >= 0.6 is 0 Å². The van der Waals surface area contributed by atoms with Gasteiger partial charge in [-0.2, -0.15) is 0 Å². The fourth-order valence-corrected chi connectivity index (χ4v) is 2.70. The van der Waals surface area contributed by atoms with Crippen LogP contribution in [0, 0.1) is 5.92 Å². The van der Waals surface area contributed by atoms with Gasteiger partial charge in [0.25, 0.3) is 0 Å². The van der Waals surface area contributed by atoms with Crippen molar-refractivity contribution in [2.45, 2.75) is 25.2 Å². The Morgan fingerprint density at radius 1 is 1.18 bits per heavy atom. The van der Waals surface area contributed by atoms with Gasteiger partial charge in [-0.15, -0.1) is 0 Å². The normalized spacial score (nSPS) is 23.7. The fraction of sp³-hybridized carbons (Fsp3) is 0.571. The van der Waals surface area contributed by atoms with Crippen LogP contribution in [0.5, 0.6) is 11.5 Å². The Bertz CT molecular complexity index is 378. The first-order chi connectivity index (χ1) is 8.28. The lowest BCUT2D eigenvalue weighted by atomic mass is 9.96. The molecule has 1 fully saturated rings. The molecule has 3 heteroatoms. The van der Waals surface area contributed by atoms with Crippen LogP contribution in [0.15, 0.2) is 18.2 Å². The molecular weight excluding hydrogens is 214 g/mol. The zero-order valence-corrected chi connectivity index (χ0v) is 10.6. The van der Waals surface area contributed by atoms with Crippen LogP contribution in [-0.4, -0.2) is 20.8 Å². The average Bonchev–Trinajstić information content (AvgIpc) is 2.86. The maximum absolute atomic E-state index is 5.73. The first-order valence-corrected chi connectivity index (χ1v) is 6.20. The highest BCUT2D eigenvalue weighted by atomic mass is 16.5. The Morgan fingerprint density at radius 3 is 2.53 bits per heavy atom. The topological polar surface area (TPSA) is 44.5 Å². The van der Waals surface area contributed by atoms with Crippen molar-refractivity contribution in [2.24, 2.45) is 11.7 Å². The van der Waals surface area contributed by atoms with E-state index in [2.05, 4.69) is 12.1 Å². The molecule has 1 aliphatic rings. The third-order valence-corrected chi connectivity index (χ3v) is 3.75. The van der Waals surface area contributed by atoms with E-state index in [0.717, 1.165) is 18.0 Å². The van der Waals surface area contributed by atoms with Crippen molar-refractivity contribution < 1.29 is 9.47 Å². The number of benzene rings is 1. The minimum absolute atomic E-state index is 0.628. The van der Waals surface area contributed by atoms with E-state index in [4.69, 9.17) is 15.2 Å². The van der Waals surface area contributed by atoms with E-state index in [1.165, 1.54) is 24.8 Å². The van der Waals surface area contributed by atoms with Crippen molar-refractivity contribution in [3.63, 3.8) is 0 Å². The van der Waals surface area contributed by atoms with Gasteiger partial charge in [0.05, 0.1) is 14.2 Å². The highest BCUT2D eigenvalue weighted by molar-refractivity contribution is 5.44. The van der Waals surface area contributed by atoms with Crippen molar-refractivity contribution in [2.75, 3.05) is 20.8 Å². The number of hydrogen-bond donors (Lipinski definition) is 1. The maximum atomic E-state index is 5.73. The van der Waals surface area contributed by atoms with Gasteiger partial charge in [-0.25, -0.2) is 0 Å². The van der Waals surface area contributed by atoms with Crippen LogP contribution in [0.25, 0.3) is 0 Å². The molecule has 0 heterocycles. The number of hydrogen-bond acceptors (Lipinski definition) is 3. The second kappa shape index (κ2) is 5.41. The summed E-state index contributed by atoms with van der Waals surface area (Å²) in [4.78, 5) is 0. The zero-order chi connectivity index (χ0) is 12.3. The van der Waals surface area contributed by atoms with Crippen molar-refractivity contribution >= 4 is 0 Å². The average molecular weight is 235 g/mol. The molecule has 17 heavy (non-hydrogen) atoms. The molecule has 0 aromatic heterocycles. The number of rotatable bonds is 4. The van der Waals surface area contributed by atoms with E-state index in [1.807, 2.05) is 6.07 Å². The number of ether oxygens (including phenoxy) is 2. The van der Waals surface area contributed by atoms with Gasteiger partial charge < -0.3 is 15.2 Å². The molecule has 2 unspecified atom stereocenters. The van der Waals surface area contributed by atoms with Crippen LogP contribution in [0.2, 0.25) is 0 Å². The van der Waals surface area contributed by atoms with E-state index >= 15 is 0 Å².